The van der Waals surface area contributed by atoms with Gasteiger partial charge in [0.25, 0.3) is 0 Å². The number of hydrogen-bond donors (Lipinski definition) is 1. The molecule has 0 spiro atoms. The van der Waals surface area contributed by atoms with Crippen LogP contribution in [0.3, 0.4) is 0 Å². The van der Waals surface area contributed by atoms with Crippen LogP contribution in [-0.2, 0) is 0 Å². The molecular formula is C13H20ClNOS. The Morgan fingerprint density at radius 3 is 2.71 bits per heavy atom. The minimum absolute atomic E-state index is 0.649. The standard InChI is InChI=1S/C13H20ClNOS/c1-11(7-8-15)17-10-2-9-16-13-5-3-12(14)4-6-13/h3-6,11H,2,7-10,15H2,1H3. The van der Waals surface area contributed by atoms with Crippen molar-refractivity contribution in [1.82, 2.24) is 0 Å². The summed E-state index contributed by atoms with van der Waals surface area (Å²) in [5, 5.41) is 1.39. The lowest BCUT2D eigenvalue weighted by Crippen LogP contribution is -2.08. The highest BCUT2D eigenvalue weighted by atomic mass is 35.5. The van der Waals surface area contributed by atoms with Crippen LogP contribution in [0.2, 0.25) is 5.02 Å². The molecule has 0 aromatic heterocycles. The molecule has 0 aliphatic heterocycles. The zero-order chi connectivity index (χ0) is 12.5. The van der Waals surface area contributed by atoms with E-state index in [0.717, 1.165) is 42.5 Å². The molecule has 4 heteroatoms. The molecule has 96 valence electrons. The van der Waals surface area contributed by atoms with Gasteiger partial charge in [0.2, 0.25) is 0 Å². The van der Waals surface area contributed by atoms with E-state index in [1.54, 1.807) is 0 Å². The first-order valence-electron chi connectivity index (χ1n) is 5.92. The Kier molecular flexibility index (Phi) is 7.49. The van der Waals surface area contributed by atoms with E-state index in [4.69, 9.17) is 22.1 Å². The van der Waals surface area contributed by atoms with Crippen molar-refractivity contribution in [1.29, 1.82) is 0 Å². The third-order valence-corrected chi connectivity index (χ3v) is 3.93. The van der Waals surface area contributed by atoms with Gasteiger partial charge in [-0.3, -0.25) is 0 Å². The number of nitrogens with two attached hydrogens (primary N) is 1. The van der Waals surface area contributed by atoms with Gasteiger partial charge in [-0.05, 0) is 49.4 Å². The molecule has 1 rings (SSSR count). The van der Waals surface area contributed by atoms with Gasteiger partial charge in [0.05, 0.1) is 6.61 Å². The second kappa shape index (κ2) is 8.67. The Balaban J connectivity index is 2.06. The highest BCUT2D eigenvalue weighted by Crippen LogP contribution is 2.17. The highest BCUT2D eigenvalue weighted by molar-refractivity contribution is 7.99. The highest BCUT2D eigenvalue weighted by Gasteiger charge is 2.00. The molecule has 0 heterocycles. The molecule has 0 saturated heterocycles. The lowest BCUT2D eigenvalue weighted by molar-refractivity contribution is 0.318. The maximum Gasteiger partial charge on any atom is 0.119 e. The minimum atomic E-state index is 0.649. The van der Waals surface area contributed by atoms with E-state index in [1.807, 2.05) is 36.0 Å². The van der Waals surface area contributed by atoms with Crippen molar-refractivity contribution in [3.05, 3.63) is 29.3 Å². The van der Waals surface area contributed by atoms with Crippen LogP contribution in [0.1, 0.15) is 19.8 Å². The Morgan fingerprint density at radius 2 is 2.06 bits per heavy atom. The molecule has 2 N–H and O–H groups in total. The third kappa shape index (κ3) is 6.81. The number of rotatable bonds is 8. The van der Waals surface area contributed by atoms with E-state index >= 15 is 0 Å². The van der Waals surface area contributed by atoms with Gasteiger partial charge in [0.15, 0.2) is 0 Å². The molecule has 0 aliphatic rings. The molecule has 1 aromatic carbocycles. The summed E-state index contributed by atoms with van der Waals surface area (Å²) < 4.78 is 5.61. The molecule has 0 amide bonds. The summed E-state index contributed by atoms with van der Waals surface area (Å²) in [6.45, 7) is 3.75. The molecule has 17 heavy (non-hydrogen) atoms. The van der Waals surface area contributed by atoms with E-state index < -0.39 is 0 Å². The van der Waals surface area contributed by atoms with Crippen LogP contribution < -0.4 is 10.5 Å². The summed E-state index contributed by atoms with van der Waals surface area (Å²) in [4.78, 5) is 0. The zero-order valence-electron chi connectivity index (χ0n) is 10.2. The van der Waals surface area contributed by atoms with Crippen LogP contribution in [0.5, 0.6) is 5.75 Å². The van der Waals surface area contributed by atoms with Crippen LogP contribution >= 0.6 is 23.4 Å². The first-order chi connectivity index (χ1) is 8.22. The Hall–Kier alpha value is -0.380. The average Bonchev–Trinajstić information content (AvgIpc) is 2.31. The fourth-order valence-corrected chi connectivity index (χ4v) is 2.50. The molecule has 0 fully saturated rings. The Bertz CT molecular complexity index is 305. The first kappa shape index (κ1) is 14.7. The molecule has 0 bridgehead atoms. The van der Waals surface area contributed by atoms with Crippen LogP contribution in [0.25, 0.3) is 0 Å². The molecule has 2 nitrogen and oxygen atoms in total. The molecular weight excluding hydrogens is 254 g/mol. The topological polar surface area (TPSA) is 35.2 Å². The number of thioether (sulfide) groups is 1. The molecule has 1 unspecified atom stereocenters. The van der Waals surface area contributed by atoms with E-state index in [-0.39, 0.29) is 0 Å². The summed E-state index contributed by atoms with van der Waals surface area (Å²) in [6, 6.07) is 7.48. The Morgan fingerprint density at radius 1 is 1.35 bits per heavy atom. The van der Waals surface area contributed by atoms with E-state index in [2.05, 4.69) is 6.92 Å². The minimum Gasteiger partial charge on any atom is -0.494 e. The molecule has 0 aliphatic carbocycles. The van der Waals surface area contributed by atoms with Crippen LogP contribution in [0.15, 0.2) is 24.3 Å². The summed E-state index contributed by atoms with van der Waals surface area (Å²) in [5.74, 6) is 2.00. The summed E-state index contributed by atoms with van der Waals surface area (Å²) in [5.41, 5.74) is 5.50. The molecule has 1 aromatic rings. The first-order valence-corrected chi connectivity index (χ1v) is 7.35. The van der Waals surface area contributed by atoms with Crippen molar-refractivity contribution in [3.63, 3.8) is 0 Å². The van der Waals surface area contributed by atoms with Gasteiger partial charge in [-0.1, -0.05) is 18.5 Å². The van der Waals surface area contributed by atoms with Gasteiger partial charge < -0.3 is 10.5 Å². The van der Waals surface area contributed by atoms with Crippen molar-refractivity contribution in [2.24, 2.45) is 5.73 Å². The van der Waals surface area contributed by atoms with E-state index in [9.17, 15) is 0 Å². The fourth-order valence-electron chi connectivity index (χ4n) is 1.38. The number of ether oxygens (including phenoxy) is 1. The second-order valence-corrected chi connectivity index (χ2v) is 5.90. The quantitative estimate of drug-likeness (QED) is 0.736. The number of halogens is 1. The van der Waals surface area contributed by atoms with Crippen molar-refractivity contribution in [2.45, 2.75) is 25.0 Å². The maximum atomic E-state index is 5.79. The number of hydrogen-bond acceptors (Lipinski definition) is 3. The maximum absolute atomic E-state index is 5.79. The van der Waals surface area contributed by atoms with E-state index in [0.29, 0.717) is 5.25 Å². The van der Waals surface area contributed by atoms with Crippen LogP contribution in [0.4, 0.5) is 0 Å². The molecule has 1 atom stereocenters. The molecule has 0 saturated carbocycles. The predicted molar refractivity (Wildman–Crippen MR) is 77.2 cm³/mol. The van der Waals surface area contributed by atoms with Crippen LogP contribution in [0, 0.1) is 0 Å². The summed E-state index contributed by atoms with van der Waals surface area (Å²) in [6.07, 6.45) is 2.14. The third-order valence-electron chi connectivity index (χ3n) is 2.35. The number of benzene rings is 1. The van der Waals surface area contributed by atoms with Gasteiger partial charge in [-0.15, -0.1) is 0 Å². The van der Waals surface area contributed by atoms with Gasteiger partial charge >= 0.3 is 0 Å². The van der Waals surface area contributed by atoms with Crippen LogP contribution in [-0.4, -0.2) is 24.2 Å². The summed E-state index contributed by atoms with van der Waals surface area (Å²) in [7, 11) is 0. The van der Waals surface area contributed by atoms with Crippen molar-refractivity contribution >= 4 is 23.4 Å². The average molecular weight is 274 g/mol. The van der Waals surface area contributed by atoms with Crippen molar-refractivity contribution in [3.8, 4) is 5.75 Å². The van der Waals surface area contributed by atoms with Crippen molar-refractivity contribution in [2.75, 3.05) is 18.9 Å². The SMILES string of the molecule is CC(CCN)SCCCOc1ccc(Cl)cc1. The lowest BCUT2D eigenvalue weighted by Gasteiger charge is -2.10. The monoisotopic (exact) mass is 273 g/mol. The van der Waals surface area contributed by atoms with Gasteiger partial charge in [-0.2, -0.15) is 11.8 Å². The summed E-state index contributed by atoms with van der Waals surface area (Å²) >= 11 is 7.75. The molecule has 0 radical (unpaired) electrons. The second-order valence-electron chi connectivity index (χ2n) is 3.91. The normalized spacial score (nSPS) is 12.4. The largest absolute Gasteiger partial charge is 0.494 e. The van der Waals surface area contributed by atoms with Gasteiger partial charge in [-0.25, -0.2) is 0 Å². The van der Waals surface area contributed by atoms with Gasteiger partial charge in [0.1, 0.15) is 5.75 Å². The van der Waals surface area contributed by atoms with Crippen molar-refractivity contribution < 1.29 is 4.74 Å². The zero-order valence-corrected chi connectivity index (χ0v) is 11.8. The van der Waals surface area contributed by atoms with Gasteiger partial charge in [0, 0.05) is 10.3 Å². The van der Waals surface area contributed by atoms with E-state index in [1.165, 1.54) is 0 Å². The predicted octanol–water partition coefficient (Wildman–Crippen LogP) is 3.58. The fraction of sp³-hybridized carbons (Fsp3) is 0.538. The Labute approximate surface area is 113 Å². The lowest BCUT2D eigenvalue weighted by atomic mass is 10.3. The smallest absolute Gasteiger partial charge is 0.119 e.